The van der Waals surface area contributed by atoms with Gasteiger partial charge in [-0.05, 0) is 42.0 Å². The third-order valence-corrected chi connectivity index (χ3v) is 4.53. The summed E-state index contributed by atoms with van der Waals surface area (Å²) in [7, 11) is 1.94. The summed E-state index contributed by atoms with van der Waals surface area (Å²) >= 11 is 0. The van der Waals surface area contributed by atoms with E-state index in [1.807, 2.05) is 30.1 Å². The van der Waals surface area contributed by atoms with Crippen molar-refractivity contribution in [2.45, 2.75) is 32.2 Å². The predicted octanol–water partition coefficient (Wildman–Crippen LogP) is 3.64. The zero-order valence-electron chi connectivity index (χ0n) is 12.2. The molecule has 0 spiro atoms. The third kappa shape index (κ3) is 2.55. The molecule has 1 aliphatic carbocycles. The molecule has 20 heavy (non-hydrogen) atoms. The average molecular weight is 267 g/mol. The Bertz CT molecular complexity index is 625. The summed E-state index contributed by atoms with van der Waals surface area (Å²) in [4.78, 5) is 14.4. The standard InChI is InChI=1S/C18H21NO/c1-13(14-10-11-14)19(2)18(20)12-16-8-5-7-15-6-3-4-9-17(15)16/h3-9,13-14H,10-12H2,1-2H3. The number of hydrogen-bond acceptors (Lipinski definition) is 1. The summed E-state index contributed by atoms with van der Waals surface area (Å²) in [6.07, 6.45) is 3.04. The first kappa shape index (κ1) is 13.2. The highest BCUT2D eigenvalue weighted by Crippen LogP contribution is 2.34. The molecule has 2 heteroatoms. The fraction of sp³-hybridized carbons (Fsp3) is 0.389. The van der Waals surface area contributed by atoms with Crippen molar-refractivity contribution in [2.24, 2.45) is 5.92 Å². The lowest BCUT2D eigenvalue weighted by atomic mass is 10.0. The van der Waals surface area contributed by atoms with Crippen molar-refractivity contribution in [3.63, 3.8) is 0 Å². The maximum Gasteiger partial charge on any atom is 0.227 e. The highest BCUT2D eigenvalue weighted by Gasteiger charge is 2.32. The molecule has 2 nitrogen and oxygen atoms in total. The van der Waals surface area contributed by atoms with Crippen LogP contribution in [0.25, 0.3) is 10.8 Å². The molecule has 1 aliphatic rings. The number of carbonyl (C=O) groups is 1. The third-order valence-electron chi connectivity index (χ3n) is 4.53. The first-order valence-electron chi connectivity index (χ1n) is 7.39. The average Bonchev–Trinajstić information content (AvgIpc) is 3.30. The van der Waals surface area contributed by atoms with Gasteiger partial charge in [-0.2, -0.15) is 0 Å². The summed E-state index contributed by atoms with van der Waals surface area (Å²) in [5, 5.41) is 2.39. The second-order valence-corrected chi connectivity index (χ2v) is 5.90. The SMILES string of the molecule is CC(C1CC1)N(C)C(=O)Cc1cccc2ccccc12. The monoisotopic (exact) mass is 267 g/mol. The highest BCUT2D eigenvalue weighted by atomic mass is 16.2. The molecule has 1 amide bonds. The van der Waals surface area contributed by atoms with Gasteiger partial charge < -0.3 is 4.90 Å². The number of nitrogens with zero attached hydrogens (tertiary/aromatic N) is 1. The molecule has 0 radical (unpaired) electrons. The molecule has 1 fully saturated rings. The van der Waals surface area contributed by atoms with Gasteiger partial charge in [-0.15, -0.1) is 0 Å². The second kappa shape index (κ2) is 5.28. The fourth-order valence-corrected chi connectivity index (χ4v) is 2.86. The van der Waals surface area contributed by atoms with Gasteiger partial charge in [0.15, 0.2) is 0 Å². The fourth-order valence-electron chi connectivity index (χ4n) is 2.86. The quantitative estimate of drug-likeness (QED) is 0.828. The maximum atomic E-state index is 12.5. The van der Waals surface area contributed by atoms with Gasteiger partial charge in [-0.1, -0.05) is 42.5 Å². The molecule has 104 valence electrons. The van der Waals surface area contributed by atoms with E-state index in [0.717, 1.165) is 11.5 Å². The van der Waals surface area contributed by atoms with Crippen LogP contribution in [0.4, 0.5) is 0 Å². The summed E-state index contributed by atoms with van der Waals surface area (Å²) in [6.45, 7) is 2.17. The van der Waals surface area contributed by atoms with Gasteiger partial charge in [0.05, 0.1) is 6.42 Å². The zero-order chi connectivity index (χ0) is 14.1. The molecule has 0 aromatic heterocycles. The van der Waals surface area contributed by atoms with E-state index in [4.69, 9.17) is 0 Å². The zero-order valence-corrected chi connectivity index (χ0v) is 12.2. The topological polar surface area (TPSA) is 20.3 Å². The minimum Gasteiger partial charge on any atom is -0.342 e. The van der Waals surface area contributed by atoms with Crippen LogP contribution < -0.4 is 0 Å². The van der Waals surface area contributed by atoms with Crippen LogP contribution in [-0.2, 0) is 11.2 Å². The van der Waals surface area contributed by atoms with Crippen molar-refractivity contribution < 1.29 is 4.79 Å². The molecule has 1 saturated carbocycles. The van der Waals surface area contributed by atoms with E-state index in [1.165, 1.54) is 23.6 Å². The van der Waals surface area contributed by atoms with E-state index >= 15 is 0 Å². The molecule has 1 unspecified atom stereocenters. The number of amides is 1. The Morgan fingerprint density at radius 2 is 1.90 bits per heavy atom. The van der Waals surface area contributed by atoms with Gasteiger partial charge in [0.25, 0.3) is 0 Å². The summed E-state index contributed by atoms with van der Waals surface area (Å²) in [5.41, 5.74) is 1.13. The van der Waals surface area contributed by atoms with Crippen LogP contribution in [0.5, 0.6) is 0 Å². The van der Waals surface area contributed by atoms with Crippen molar-refractivity contribution in [2.75, 3.05) is 7.05 Å². The van der Waals surface area contributed by atoms with E-state index in [9.17, 15) is 4.79 Å². The van der Waals surface area contributed by atoms with E-state index < -0.39 is 0 Å². The largest absolute Gasteiger partial charge is 0.342 e. The Morgan fingerprint density at radius 3 is 2.65 bits per heavy atom. The van der Waals surface area contributed by atoms with Crippen LogP contribution in [0.1, 0.15) is 25.3 Å². The molecule has 2 aromatic carbocycles. The van der Waals surface area contributed by atoms with E-state index in [-0.39, 0.29) is 5.91 Å². The highest BCUT2D eigenvalue weighted by molar-refractivity contribution is 5.90. The molecular formula is C18H21NO. The van der Waals surface area contributed by atoms with Crippen molar-refractivity contribution in [3.8, 4) is 0 Å². The predicted molar refractivity (Wildman–Crippen MR) is 82.6 cm³/mol. The van der Waals surface area contributed by atoms with Gasteiger partial charge in [-0.25, -0.2) is 0 Å². The molecule has 2 aromatic rings. The number of benzene rings is 2. The van der Waals surface area contributed by atoms with E-state index in [0.29, 0.717) is 12.5 Å². The number of likely N-dealkylation sites (N-methyl/N-ethyl adjacent to an activating group) is 1. The van der Waals surface area contributed by atoms with Crippen LogP contribution in [0.3, 0.4) is 0 Å². The molecule has 0 bridgehead atoms. The van der Waals surface area contributed by atoms with E-state index in [2.05, 4.69) is 31.2 Å². The van der Waals surface area contributed by atoms with Gasteiger partial charge >= 0.3 is 0 Å². The first-order chi connectivity index (χ1) is 9.66. The normalized spacial score (nSPS) is 16.1. The molecule has 0 heterocycles. The van der Waals surface area contributed by atoms with Crippen LogP contribution in [0, 0.1) is 5.92 Å². The lowest BCUT2D eigenvalue weighted by Crippen LogP contribution is -2.37. The van der Waals surface area contributed by atoms with Crippen LogP contribution in [-0.4, -0.2) is 23.9 Å². The Morgan fingerprint density at radius 1 is 1.20 bits per heavy atom. The number of carbonyl (C=O) groups excluding carboxylic acids is 1. The molecule has 0 saturated heterocycles. The molecule has 1 atom stereocenters. The smallest absolute Gasteiger partial charge is 0.227 e. The summed E-state index contributed by atoms with van der Waals surface area (Å²) in [5.74, 6) is 0.942. The lowest BCUT2D eigenvalue weighted by Gasteiger charge is -2.25. The number of hydrogen-bond donors (Lipinski definition) is 0. The summed E-state index contributed by atoms with van der Waals surface area (Å²) < 4.78 is 0. The molecule has 0 aliphatic heterocycles. The van der Waals surface area contributed by atoms with Crippen molar-refractivity contribution in [1.29, 1.82) is 0 Å². The van der Waals surface area contributed by atoms with Gasteiger partial charge in [0.1, 0.15) is 0 Å². The van der Waals surface area contributed by atoms with Crippen molar-refractivity contribution in [3.05, 3.63) is 48.0 Å². The first-order valence-corrected chi connectivity index (χ1v) is 7.39. The van der Waals surface area contributed by atoms with Crippen LogP contribution in [0.2, 0.25) is 0 Å². The Balaban J connectivity index is 1.80. The Labute approximate surface area is 120 Å². The Kier molecular flexibility index (Phi) is 3.47. The second-order valence-electron chi connectivity index (χ2n) is 5.90. The van der Waals surface area contributed by atoms with Gasteiger partial charge in [0, 0.05) is 13.1 Å². The van der Waals surface area contributed by atoms with Crippen LogP contribution >= 0.6 is 0 Å². The minimum absolute atomic E-state index is 0.223. The minimum atomic E-state index is 0.223. The van der Waals surface area contributed by atoms with Crippen LogP contribution in [0.15, 0.2) is 42.5 Å². The number of fused-ring (bicyclic) bond motifs is 1. The van der Waals surface area contributed by atoms with Crippen molar-refractivity contribution in [1.82, 2.24) is 4.90 Å². The van der Waals surface area contributed by atoms with E-state index in [1.54, 1.807) is 0 Å². The number of rotatable bonds is 4. The lowest BCUT2D eigenvalue weighted by molar-refractivity contribution is -0.131. The van der Waals surface area contributed by atoms with Gasteiger partial charge in [0.2, 0.25) is 5.91 Å². The maximum absolute atomic E-state index is 12.5. The summed E-state index contributed by atoms with van der Waals surface area (Å²) in [6, 6.07) is 14.8. The van der Waals surface area contributed by atoms with Crippen molar-refractivity contribution >= 4 is 16.7 Å². The molecule has 0 N–H and O–H groups in total. The Hall–Kier alpha value is -1.83. The molecule has 3 rings (SSSR count). The van der Waals surface area contributed by atoms with Gasteiger partial charge in [-0.3, -0.25) is 4.79 Å². The molecular weight excluding hydrogens is 246 g/mol.